The maximum absolute atomic E-state index is 12.9. The van der Waals surface area contributed by atoms with Gasteiger partial charge >= 0.3 is 0 Å². The number of rotatable bonds is 8. The molecular formula is C27H36N4O2. The first-order valence-electron chi connectivity index (χ1n) is 11.7. The Morgan fingerprint density at radius 2 is 2.06 bits per heavy atom. The first-order chi connectivity index (χ1) is 15.8. The fourth-order valence-corrected chi connectivity index (χ4v) is 4.42. The fraction of sp³-hybridized carbons (Fsp3) is 0.407. The molecule has 2 unspecified atom stereocenters. The molecule has 0 spiro atoms. The number of aliphatic hydroxyl groups is 1. The van der Waals surface area contributed by atoms with E-state index in [4.69, 9.17) is 10.5 Å². The van der Waals surface area contributed by atoms with Crippen LogP contribution < -0.4 is 16.0 Å². The molecule has 3 rings (SSSR count). The summed E-state index contributed by atoms with van der Waals surface area (Å²) in [5.74, 6) is 0.521. The van der Waals surface area contributed by atoms with Crippen molar-refractivity contribution in [3.8, 4) is 0 Å². The highest BCUT2D eigenvalue weighted by molar-refractivity contribution is 6.06. The summed E-state index contributed by atoms with van der Waals surface area (Å²) in [6.45, 7) is 10.2. The summed E-state index contributed by atoms with van der Waals surface area (Å²) in [7, 11) is 0. The van der Waals surface area contributed by atoms with Crippen LogP contribution in [0.1, 0.15) is 56.7 Å². The molecule has 3 atom stereocenters. The van der Waals surface area contributed by atoms with E-state index in [9.17, 15) is 4.79 Å². The van der Waals surface area contributed by atoms with Gasteiger partial charge in [0.2, 0.25) is 0 Å². The molecule has 0 radical (unpaired) electrons. The lowest BCUT2D eigenvalue weighted by atomic mass is 9.76. The van der Waals surface area contributed by atoms with E-state index < -0.39 is 0 Å². The van der Waals surface area contributed by atoms with Gasteiger partial charge in [-0.25, -0.2) is 0 Å². The molecule has 1 aliphatic carbocycles. The Labute approximate surface area is 197 Å². The molecule has 1 fully saturated rings. The molecule has 6 heteroatoms. The van der Waals surface area contributed by atoms with Crippen molar-refractivity contribution in [2.24, 2.45) is 5.92 Å². The molecule has 1 heterocycles. The summed E-state index contributed by atoms with van der Waals surface area (Å²) in [6.07, 6.45) is 9.60. The normalized spacial score (nSPS) is 22.3. The largest absolute Gasteiger partial charge is 0.394 e. The second-order valence-corrected chi connectivity index (χ2v) is 8.88. The van der Waals surface area contributed by atoms with Crippen molar-refractivity contribution < 1.29 is 9.90 Å². The third-order valence-corrected chi connectivity index (χ3v) is 6.41. The molecule has 0 saturated carbocycles. The Bertz CT molecular complexity index is 1050. The van der Waals surface area contributed by atoms with Crippen LogP contribution in [0, 0.1) is 18.3 Å². The van der Waals surface area contributed by atoms with Crippen molar-refractivity contribution in [3.05, 3.63) is 81.9 Å². The molecule has 33 heavy (non-hydrogen) atoms. The number of carbonyl (C=O) groups is 1. The summed E-state index contributed by atoms with van der Waals surface area (Å²) < 4.78 is 0. The second-order valence-electron chi connectivity index (χ2n) is 8.88. The number of amidine groups is 1. The minimum Gasteiger partial charge on any atom is -0.394 e. The van der Waals surface area contributed by atoms with E-state index in [0.29, 0.717) is 17.2 Å². The number of fused-ring (bicyclic) bond motifs is 1. The lowest BCUT2D eigenvalue weighted by Gasteiger charge is -2.28. The van der Waals surface area contributed by atoms with Crippen LogP contribution in [-0.2, 0) is 11.2 Å². The number of benzene rings is 1. The van der Waals surface area contributed by atoms with Gasteiger partial charge in [0, 0.05) is 35.1 Å². The number of aliphatic hydroxyl groups excluding tert-OH is 1. The van der Waals surface area contributed by atoms with Gasteiger partial charge in [-0.2, -0.15) is 0 Å². The molecular weight excluding hydrogens is 412 g/mol. The average molecular weight is 449 g/mol. The maximum Gasteiger partial charge on any atom is 0.258 e. The van der Waals surface area contributed by atoms with Gasteiger partial charge in [-0.3, -0.25) is 10.2 Å². The predicted molar refractivity (Wildman–Crippen MR) is 134 cm³/mol. The van der Waals surface area contributed by atoms with Crippen molar-refractivity contribution in [1.29, 1.82) is 5.41 Å². The van der Waals surface area contributed by atoms with Crippen molar-refractivity contribution >= 4 is 11.7 Å². The fourth-order valence-electron chi connectivity index (χ4n) is 4.42. The Morgan fingerprint density at radius 3 is 2.73 bits per heavy atom. The van der Waals surface area contributed by atoms with E-state index in [-0.39, 0.29) is 30.3 Å². The number of aryl methyl sites for hydroxylation is 2. The van der Waals surface area contributed by atoms with E-state index >= 15 is 0 Å². The van der Waals surface area contributed by atoms with Crippen LogP contribution >= 0.6 is 0 Å². The van der Waals surface area contributed by atoms with Crippen LogP contribution in [0.3, 0.4) is 0 Å². The molecule has 5 N–H and O–H groups in total. The zero-order chi connectivity index (χ0) is 24.1. The van der Waals surface area contributed by atoms with Gasteiger partial charge in [0.25, 0.3) is 5.91 Å². The van der Waals surface area contributed by atoms with Crippen LogP contribution in [0.15, 0.2) is 65.2 Å². The lowest BCUT2D eigenvalue weighted by molar-refractivity contribution is -0.115. The Kier molecular flexibility index (Phi) is 7.92. The number of hydrogen-bond acceptors (Lipinski definition) is 4. The van der Waals surface area contributed by atoms with E-state index in [2.05, 4.69) is 67.1 Å². The van der Waals surface area contributed by atoms with E-state index in [0.717, 1.165) is 24.1 Å². The third-order valence-electron chi connectivity index (χ3n) is 6.41. The molecule has 0 aromatic heterocycles. The molecule has 1 saturated heterocycles. The lowest BCUT2D eigenvalue weighted by Crippen LogP contribution is -2.26. The monoisotopic (exact) mass is 448 g/mol. The van der Waals surface area contributed by atoms with Crippen molar-refractivity contribution in [1.82, 2.24) is 16.0 Å². The van der Waals surface area contributed by atoms with Gasteiger partial charge in [0.15, 0.2) is 0 Å². The molecule has 1 amide bonds. The number of allylic oxidation sites excluding steroid dienone is 4. The van der Waals surface area contributed by atoms with E-state index in [1.54, 1.807) is 12.3 Å². The van der Waals surface area contributed by atoms with Crippen LogP contribution in [0.25, 0.3) is 0 Å². The van der Waals surface area contributed by atoms with Crippen molar-refractivity contribution in [2.75, 3.05) is 6.61 Å². The van der Waals surface area contributed by atoms with Gasteiger partial charge in [-0.1, -0.05) is 44.2 Å². The highest BCUT2D eigenvalue weighted by Crippen LogP contribution is 2.42. The van der Waals surface area contributed by atoms with Crippen LogP contribution in [-0.4, -0.2) is 29.5 Å². The smallest absolute Gasteiger partial charge is 0.258 e. The first kappa shape index (κ1) is 24.5. The Morgan fingerprint density at radius 1 is 1.30 bits per heavy atom. The van der Waals surface area contributed by atoms with E-state index in [1.165, 1.54) is 16.7 Å². The van der Waals surface area contributed by atoms with E-state index in [1.807, 2.05) is 13.8 Å². The Balaban J connectivity index is 1.93. The molecule has 176 valence electrons. The predicted octanol–water partition coefficient (Wildman–Crippen LogP) is 3.95. The topological polar surface area (TPSA) is 97.2 Å². The van der Waals surface area contributed by atoms with Gasteiger partial charge < -0.3 is 21.1 Å². The van der Waals surface area contributed by atoms with Crippen LogP contribution in [0.2, 0.25) is 0 Å². The summed E-state index contributed by atoms with van der Waals surface area (Å²) in [5.41, 5.74) is 6.89. The summed E-state index contributed by atoms with van der Waals surface area (Å²) in [6, 6.07) is 6.59. The molecule has 1 aromatic rings. The molecule has 1 aromatic carbocycles. The van der Waals surface area contributed by atoms with Gasteiger partial charge in [0.1, 0.15) is 5.84 Å². The molecule has 6 nitrogen and oxygen atoms in total. The van der Waals surface area contributed by atoms with Crippen molar-refractivity contribution in [3.63, 3.8) is 0 Å². The first-order valence-corrected chi connectivity index (χ1v) is 11.7. The molecule has 1 aliphatic heterocycles. The maximum atomic E-state index is 12.9. The highest BCUT2D eigenvalue weighted by Gasteiger charge is 2.35. The number of amides is 1. The van der Waals surface area contributed by atoms with Gasteiger partial charge in [0.05, 0.1) is 12.2 Å². The van der Waals surface area contributed by atoms with Gasteiger partial charge in [-0.05, 0) is 62.3 Å². The minimum absolute atomic E-state index is 0.0121. The van der Waals surface area contributed by atoms with Crippen LogP contribution in [0.5, 0.6) is 0 Å². The average Bonchev–Trinajstić information content (AvgIpc) is 3.12. The standard InChI is InChI=1S/C27H36N4O2/c1-6-19-9-8-16(3)21(12-19)22-14-23-24(13-20(22)7-2)31-27(33)26(23)18(5)30-25(28)10-11-29-17(4)15-32/h8-14,17,20,22,29,32H,6-7,15H2,1-5H3,(H2,28,30)(H,31,33)/b11-10-,26-18-/t17-,20?,22?/m0/s1. The molecule has 2 aliphatic rings. The third kappa shape index (κ3) is 5.45. The summed E-state index contributed by atoms with van der Waals surface area (Å²) >= 11 is 0. The van der Waals surface area contributed by atoms with Crippen LogP contribution in [0.4, 0.5) is 0 Å². The molecule has 0 bridgehead atoms. The van der Waals surface area contributed by atoms with Crippen molar-refractivity contribution in [2.45, 2.75) is 59.4 Å². The number of nitrogens with one attached hydrogen (secondary N) is 4. The number of hydrogen-bond donors (Lipinski definition) is 5. The van der Waals surface area contributed by atoms with Gasteiger partial charge in [-0.15, -0.1) is 0 Å². The minimum atomic E-state index is -0.143. The quantitative estimate of drug-likeness (QED) is 0.236. The SMILES string of the molecule is CCc1ccc(C)c(C2C=C3C(=CC2CC)NC(=O)/C3=C(/C)NC(=N)/C=C\N[C@@H](C)CO)c1. The second kappa shape index (κ2) is 10.7. The zero-order valence-electron chi connectivity index (χ0n) is 20.3. The Hall–Kier alpha value is -3.12. The summed E-state index contributed by atoms with van der Waals surface area (Å²) in [4.78, 5) is 12.9. The summed E-state index contributed by atoms with van der Waals surface area (Å²) in [5, 5.41) is 26.3. The number of carbonyl (C=O) groups excluding carboxylic acids is 1. The zero-order valence-corrected chi connectivity index (χ0v) is 20.3. The highest BCUT2D eigenvalue weighted by atomic mass is 16.3.